The number of amides is 2. The van der Waals surface area contributed by atoms with Gasteiger partial charge in [-0.05, 0) is 57.1 Å². The Labute approximate surface area is 202 Å². The molecule has 8 heteroatoms. The quantitative estimate of drug-likeness (QED) is 0.261. The monoisotopic (exact) mass is 476 g/mol. The van der Waals surface area contributed by atoms with Crippen LogP contribution in [0.3, 0.4) is 0 Å². The molecule has 1 aliphatic rings. The van der Waals surface area contributed by atoms with E-state index in [1.165, 1.54) is 11.0 Å². The number of carbonyl (C=O) groups excluding carboxylic acids is 3. The molecule has 4 N–H and O–H groups in total. The number of likely N-dealkylation sites (tertiary alicyclic amines) is 1. The maximum Gasteiger partial charge on any atom is 0.329 e. The van der Waals surface area contributed by atoms with Crippen LogP contribution >= 0.6 is 0 Å². The van der Waals surface area contributed by atoms with Crippen LogP contribution in [-0.4, -0.2) is 57.7 Å². The minimum Gasteiger partial charge on any atom is -0.507 e. The summed E-state index contributed by atoms with van der Waals surface area (Å²) in [6, 6.07) is 5.72. The average molecular weight is 477 g/mol. The smallest absolute Gasteiger partial charge is 0.329 e. The van der Waals surface area contributed by atoms with Crippen LogP contribution in [0.25, 0.3) is 0 Å². The van der Waals surface area contributed by atoms with Crippen molar-refractivity contribution in [3.8, 4) is 5.75 Å². The minimum absolute atomic E-state index is 0.0956. The van der Waals surface area contributed by atoms with E-state index in [1.54, 1.807) is 18.2 Å². The van der Waals surface area contributed by atoms with Gasteiger partial charge in [-0.1, -0.05) is 51.2 Å². The second-order valence-electron chi connectivity index (χ2n) is 9.14. The summed E-state index contributed by atoms with van der Waals surface area (Å²) in [4.78, 5) is 38.5. The summed E-state index contributed by atoms with van der Waals surface area (Å²) in [6.45, 7) is 2.60. The van der Waals surface area contributed by atoms with Gasteiger partial charge in [-0.3, -0.25) is 9.59 Å². The van der Waals surface area contributed by atoms with Crippen molar-refractivity contribution in [1.82, 2.24) is 4.90 Å². The Balaban J connectivity index is 1.92. The Bertz CT molecular complexity index is 799. The molecule has 1 aliphatic heterocycles. The van der Waals surface area contributed by atoms with E-state index < -0.39 is 18.1 Å². The van der Waals surface area contributed by atoms with Crippen molar-refractivity contribution in [2.75, 3.05) is 6.54 Å². The van der Waals surface area contributed by atoms with E-state index in [0.29, 0.717) is 38.6 Å². The molecule has 8 nitrogen and oxygen atoms in total. The third-order valence-electron chi connectivity index (χ3n) is 6.41. The molecule has 0 aromatic heterocycles. The number of rotatable bonds is 15. The van der Waals surface area contributed by atoms with E-state index >= 15 is 0 Å². The maximum atomic E-state index is 13.1. The molecule has 3 atom stereocenters. The van der Waals surface area contributed by atoms with Crippen molar-refractivity contribution in [2.24, 2.45) is 5.73 Å². The Morgan fingerprint density at radius 2 is 1.71 bits per heavy atom. The lowest BCUT2D eigenvalue weighted by Crippen LogP contribution is -2.42. The summed E-state index contributed by atoms with van der Waals surface area (Å²) in [5.74, 6) is -1.54. The lowest BCUT2D eigenvalue weighted by atomic mass is 10.0. The Hall–Kier alpha value is -2.61. The third-order valence-corrected chi connectivity index (χ3v) is 6.41. The molecule has 1 aromatic rings. The molecule has 0 spiro atoms. The number of primary amides is 1. The van der Waals surface area contributed by atoms with Crippen molar-refractivity contribution in [1.29, 1.82) is 0 Å². The number of esters is 1. The van der Waals surface area contributed by atoms with Crippen LogP contribution in [0.5, 0.6) is 5.75 Å². The molecule has 190 valence electrons. The van der Waals surface area contributed by atoms with Gasteiger partial charge in [-0.15, -0.1) is 0 Å². The van der Waals surface area contributed by atoms with Crippen molar-refractivity contribution in [2.45, 2.75) is 102 Å². The van der Waals surface area contributed by atoms with E-state index in [1.807, 2.05) is 0 Å². The first-order chi connectivity index (χ1) is 16.3. The zero-order chi connectivity index (χ0) is 24.9. The van der Waals surface area contributed by atoms with Crippen LogP contribution in [0, 0.1) is 0 Å². The number of aliphatic hydroxyl groups excluding tert-OH is 1. The second kappa shape index (κ2) is 14.6. The molecule has 1 aromatic carbocycles. The molecule has 34 heavy (non-hydrogen) atoms. The fourth-order valence-electron chi connectivity index (χ4n) is 4.40. The maximum absolute atomic E-state index is 13.1. The molecule has 0 saturated carbocycles. The van der Waals surface area contributed by atoms with Gasteiger partial charge in [0.25, 0.3) is 5.91 Å². The van der Waals surface area contributed by atoms with Gasteiger partial charge < -0.3 is 25.6 Å². The second-order valence-corrected chi connectivity index (χ2v) is 9.14. The van der Waals surface area contributed by atoms with E-state index in [-0.39, 0.29) is 29.3 Å². The molecule has 0 aliphatic carbocycles. The van der Waals surface area contributed by atoms with Crippen molar-refractivity contribution in [3.05, 3.63) is 29.8 Å². The number of hydrogen-bond acceptors (Lipinski definition) is 6. The molecular weight excluding hydrogens is 436 g/mol. The van der Waals surface area contributed by atoms with Gasteiger partial charge in [-0.2, -0.15) is 0 Å². The number of unbranched alkanes of at least 4 members (excludes halogenated alkanes) is 5. The summed E-state index contributed by atoms with van der Waals surface area (Å²) in [6.07, 6.45) is 8.31. The number of aliphatic hydroxyl groups is 1. The highest BCUT2D eigenvalue weighted by Gasteiger charge is 2.37. The van der Waals surface area contributed by atoms with Crippen LogP contribution in [0.2, 0.25) is 0 Å². The molecular formula is C26H40N2O6. The normalized spacial score (nSPS) is 17.4. The molecule has 1 saturated heterocycles. The van der Waals surface area contributed by atoms with Crippen molar-refractivity contribution < 1.29 is 29.3 Å². The van der Waals surface area contributed by atoms with E-state index in [2.05, 4.69) is 6.92 Å². The standard InChI is InChI=1S/C26H40N2O6/c1-2-3-4-6-12-19(13-7-5-8-17-23(30)24(27)31)34-26(33)21-15-11-18-28(21)25(32)20-14-9-10-16-22(20)29/h9-10,14,16,19,21,23,29-30H,2-8,11-13,15,17-18H2,1H3,(H2,27,31)/t19-,21+,23-/m1/s1. The van der Waals surface area contributed by atoms with Gasteiger partial charge in [0.1, 0.15) is 24.0 Å². The van der Waals surface area contributed by atoms with Crippen LogP contribution in [0.4, 0.5) is 0 Å². The highest BCUT2D eigenvalue weighted by Crippen LogP contribution is 2.26. The van der Waals surface area contributed by atoms with Crippen LogP contribution in [-0.2, 0) is 14.3 Å². The molecule has 0 unspecified atom stereocenters. The molecule has 2 rings (SSSR count). The first-order valence-corrected chi connectivity index (χ1v) is 12.6. The van der Waals surface area contributed by atoms with Gasteiger partial charge in [0.2, 0.25) is 5.91 Å². The van der Waals surface area contributed by atoms with Gasteiger partial charge in [0.05, 0.1) is 5.56 Å². The number of nitrogens with zero attached hydrogens (tertiary/aromatic N) is 1. The van der Waals surface area contributed by atoms with Crippen molar-refractivity contribution >= 4 is 17.8 Å². The average Bonchev–Trinajstić information content (AvgIpc) is 3.31. The number of carbonyl (C=O) groups is 3. The molecule has 1 heterocycles. The van der Waals surface area contributed by atoms with Crippen LogP contribution < -0.4 is 5.73 Å². The van der Waals surface area contributed by atoms with E-state index in [4.69, 9.17) is 10.5 Å². The fourth-order valence-corrected chi connectivity index (χ4v) is 4.40. The summed E-state index contributed by atoms with van der Waals surface area (Å²) in [5.41, 5.74) is 5.27. The number of para-hydroxylation sites is 1. The first kappa shape index (κ1) is 27.6. The molecule has 1 fully saturated rings. The summed E-state index contributed by atoms with van der Waals surface area (Å²) >= 11 is 0. The summed E-state index contributed by atoms with van der Waals surface area (Å²) in [5, 5.41) is 19.6. The number of nitrogens with two attached hydrogens (primary N) is 1. The topological polar surface area (TPSA) is 130 Å². The van der Waals surface area contributed by atoms with Crippen LogP contribution in [0.1, 0.15) is 94.3 Å². The Morgan fingerprint density at radius 1 is 1.06 bits per heavy atom. The lowest BCUT2D eigenvalue weighted by Gasteiger charge is -2.26. The molecule has 2 amide bonds. The largest absolute Gasteiger partial charge is 0.507 e. The number of hydrogen-bond donors (Lipinski definition) is 3. The van der Waals surface area contributed by atoms with Gasteiger partial charge in [0.15, 0.2) is 0 Å². The number of ether oxygens (including phenoxy) is 1. The zero-order valence-corrected chi connectivity index (χ0v) is 20.3. The number of phenols is 1. The summed E-state index contributed by atoms with van der Waals surface area (Å²) in [7, 11) is 0. The SMILES string of the molecule is CCCCCC[C@H](CCCCC[C@@H](O)C(N)=O)OC(=O)[C@@H]1CCCN1C(=O)c1ccccc1O. The fraction of sp³-hybridized carbons (Fsp3) is 0.654. The zero-order valence-electron chi connectivity index (χ0n) is 20.3. The molecule has 0 radical (unpaired) electrons. The molecule has 0 bridgehead atoms. The number of aromatic hydroxyl groups is 1. The van der Waals surface area contributed by atoms with Crippen molar-refractivity contribution in [3.63, 3.8) is 0 Å². The first-order valence-electron chi connectivity index (χ1n) is 12.6. The predicted octanol–water partition coefficient (Wildman–Crippen LogP) is 3.68. The summed E-state index contributed by atoms with van der Waals surface area (Å²) < 4.78 is 5.91. The third kappa shape index (κ3) is 8.63. The van der Waals surface area contributed by atoms with Gasteiger partial charge in [-0.25, -0.2) is 4.79 Å². The predicted molar refractivity (Wildman–Crippen MR) is 129 cm³/mol. The highest BCUT2D eigenvalue weighted by molar-refractivity contribution is 5.99. The highest BCUT2D eigenvalue weighted by atomic mass is 16.5. The Kier molecular flexibility index (Phi) is 11.9. The number of phenolic OH excluding ortho intramolecular Hbond substituents is 1. The minimum atomic E-state index is -1.11. The van der Waals surface area contributed by atoms with Gasteiger partial charge in [0, 0.05) is 6.54 Å². The van der Waals surface area contributed by atoms with E-state index in [9.17, 15) is 24.6 Å². The van der Waals surface area contributed by atoms with E-state index in [0.717, 1.165) is 44.9 Å². The lowest BCUT2D eigenvalue weighted by molar-refractivity contribution is -0.154. The van der Waals surface area contributed by atoms with Gasteiger partial charge >= 0.3 is 5.97 Å². The van der Waals surface area contributed by atoms with Crippen LogP contribution in [0.15, 0.2) is 24.3 Å². The number of benzene rings is 1. The Morgan fingerprint density at radius 3 is 2.35 bits per heavy atom.